The summed E-state index contributed by atoms with van der Waals surface area (Å²) in [6, 6.07) is 18.8. The lowest BCUT2D eigenvalue weighted by molar-refractivity contribution is 0.0586. The molecule has 7 heteroatoms. The number of ether oxygens (including phenoxy) is 4. The fourth-order valence-corrected chi connectivity index (χ4v) is 4.77. The van der Waals surface area contributed by atoms with E-state index in [-0.39, 0.29) is 18.6 Å². The highest BCUT2D eigenvalue weighted by Crippen LogP contribution is 2.39. The number of para-hydroxylation sites is 2. The zero-order valence-corrected chi connectivity index (χ0v) is 21.0. The third-order valence-corrected chi connectivity index (χ3v) is 6.77. The number of methoxy groups -OCH3 is 3. The molecule has 3 aromatic rings. The van der Waals surface area contributed by atoms with Crippen molar-refractivity contribution in [2.75, 3.05) is 34.5 Å². The van der Waals surface area contributed by atoms with Gasteiger partial charge in [-0.1, -0.05) is 24.3 Å². The molecule has 1 atom stereocenters. The Labute approximate surface area is 207 Å². The van der Waals surface area contributed by atoms with E-state index in [0.717, 1.165) is 21.1 Å². The monoisotopic (exact) mass is 559 g/mol. The Morgan fingerprint density at radius 3 is 2.24 bits per heavy atom. The van der Waals surface area contributed by atoms with E-state index < -0.39 is 0 Å². The number of amides is 1. The average molecular weight is 559 g/mol. The summed E-state index contributed by atoms with van der Waals surface area (Å²) < 4.78 is 23.6. The summed E-state index contributed by atoms with van der Waals surface area (Å²) in [4.78, 5) is 15.5. The van der Waals surface area contributed by atoms with Gasteiger partial charge in [0.15, 0.2) is 23.0 Å². The van der Waals surface area contributed by atoms with Crippen molar-refractivity contribution in [3.63, 3.8) is 0 Å². The van der Waals surface area contributed by atoms with Crippen molar-refractivity contribution >= 4 is 28.5 Å². The normalized spacial score (nSPS) is 14.9. The molecule has 0 aromatic heterocycles. The van der Waals surface area contributed by atoms with Gasteiger partial charge in [0.1, 0.15) is 6.61 Å². The Morgan fingerprint density at radius 2 is 1.55 bits per heavy atom. The zero-order valence-electron chi connectivity index (χ0n) is 18.8. The van der Waals surface area contributed by atoms with Crippen LogP contribution in [0.4, 0.5) is 0 Å². The van der Waals surface area contributed by atoms with Crippen molar-refractivity contribution in [2.45, 2.75) is 12.5 Å². The summed E-state index contributed by atoms with van der Waals surface area (Å²) in [6.07, 6.45) is 0.718. The highest BCUT2D eigenvalue weighted by Gasteiger charge is 2.34. The van der Waals surface area contributed by atoms with Crippen LogP contribution in [0.2, 0.25) is 0 Å². The van der Waals surface area contributed by atoms with E-state index in [1.165, 1.54) is 0 Å². The van der Waals surface area contributed by atoms with Crippen LogP contribution in [0.1, 0.15) is 27.5 Å². The molecule has 33 heavy (non-hydrogen) atoms. The Hall–Kier alpha value is -2.94. The van der Waals surface area contributed by atoms with Crippen molar-refractivity contribution in [3.05, 3.63) is 80.9 Å². The SMILES string of the molecule is COc1cc2c(cc1OC)C(COc1ccccc1OC)N(C(=O)c1ccccc1I)CC2. The molecule has 0 saturated carbocycles. The molecule has 0 N–H and O–H groups in total. The topological polar surface area (TPSA) is 57.2 Å². The van der Waals surface area contributed by atoms with Crippen molar-refractivity contribution in [2.24, 2.45) is 0 Å². The van der Waals surface area contributed by atoms with Gasteiger partial charge in [0.25, 0.3) is 5.91 Å². The van der Waals surface area contributed by atoms with Crippen LogP contribution < -0.4 is 18.9 Å². The minimum atomic E-state index is -0.304. The predicted octanol–water partition coefficient (Wildman–Crippen LogP) is 5.14. The number of carbonyl (C=O) groups excluding carboxylic acids is 1. The number of benzene rings is 3. The standard InChI is InChI=1S/C26H26INO5/c1-30-22-10-6-7-11-23(22)33-16-21-19-15-25(32-3)24(31-2)14-17(19)12-13-28(21)26(29)18-8-4-5-9-20(18)27/h4-11,14-15,21H,12-13,16H2,1-3H3. The van der Waals surface area contributed by atoms with E-state index >= 15 is 0 Å². The van der Waals surface area contributed by atoms with Gasteiger partial charge < -0.3 is 23.8 Å². The van der Waals surface area contributed by atoms with Gasteiger partial charge >= 0.3 is 0 Å². The Balaban J connectivity index is 1.73. The van der Waals surface area contributed by atoms with Crippen LogP contribution in [-0.4, -0.2) is 45.3 Å². The molecule has 1 amide bonds. The van der Waals surface area contributed by atoms with Gasteiger partial charge in [-0.15, -0.1) is 0 Å². The summed E-state index contributed by atoms with van der Waals surface area (Å²) in [5.74, 6) is 2.57. The number of carbonyl (C=O) groups is 1. The molecular formula is C26H26INO5. The maximum atomic E-state index is 13.6. The van der Waals surface area contributed by atoms with E-state index in [9.17, 15) is 4.79 Å². The molecule has 0 radical (unpaired) electrons. The Bertz CT molecular complexity index is 1150. The third-order valence-electron chi connectivity index (χ3n) is 5.83. The highest BCUT2D eigenvalue weighted by molar-refractivity contribution is 14.1. The summed E-state index contributed by atoms with van der Waals surface area (Å²) in [5, 5.41) is 0. The first-order valence-corrected chi connectivity index (χ1v) is 11.7. The van der Waals surface area contributed by atoms with Crippen LogP contribution >= 0.6 is 22.6 Å². The molecule has 0 spiro atoms. The highest BCUT2D eigenvalue weighted by atomic mass is 127. The molecule has 0 saturated heterocycles. The van der Waals surface area contributed by atoms with E-state index in [1.54, 1.807) is 21.3 Å². The van der Waals surface area contributed by atoms with Crippen LogP contribution in [0.5, 0.6) is 23.0 Å². The first-order chi connectivity index (χ1) is 16.1. The molecule has 6 nitrogen and oxygen atoms in total. The van der Waals surface area contributed by atoms with E-state index in [4.69, 9.17) is 18.9 Å². The van der Waals surface area contributed by atoms with E-state index in [1.807, 2.05) is 65.6 Å². The summed E-state index contributed by atoms with van der Waals surface area (Å²) in [5.41, 5.74) is 2.80. The fraction of sp³-hybridized carbons (Fsp3) is 0.269. The molecule has 1 unspecified atom stereocenters. The lowest BCUT2D eigenvalue weighted by atomic mass is 9.91. The molecule has 3 aromatic carbocycles. The van der Waals surface area contributed by atoms with Gasteiger partial charge in [-0.25, -0.2) is 0 Å². The molecule has 0 fully saturated rings. The van der Waals surface area contributed by atoms with Gasteiger partial charge in [0, 0.05) is 10.1 Å². The second-order valence-electron chi connectivity index (χ2n) is 7.61. The minimum Gasteiger partial charge on any atom is -0.493 e. The Morgan fingerprint density at radius 1 is 0.909 bits per heavy atom. The minimum absolute atomic E-state index is 0.0194. The van der Waals surface area contributed by atoms with Crippen molar-refractivity contribution in [3.8, 4) is 23.0 Å². The molecule has 0 aliphatic carbocycles. The van der Waals surface area contributed by atoms with Crippen LogP contribution in [0.3, 0.4) is 0 Å². The number of halogens is 1. The summed E-state index contributed by atoms with van der Waals surface area (Å²) in [7, 11) is 4.85. The molecule has 1 aliphatic rings. The number of nitrogens with zero attached hydrogens (tertiary/aromatic N) is 1. The maximum Gasteiger partial charge on any atom is 0.255 e. The fourth-order valence-electron chi connectivity index (χ4n) is 4.15. The van der Waals surface area contributed by atoms with Crippen LogP contribution in [0, 0.1) is 3.57 Å². The largest absolute Gasteiger partial charge is 0.493 e. The van der Waals surface area contributed by atoms with Gasteiger partial charge in [-0.2, -0.15) is 0 Å². The molecule has 0 bridgehead atoms. The molecule has 172 valence electrons. The second-order valence-corrected chi connectivity index (χ2v) is 8.77. The number of hydrogen-bond donors (Lipinski definition) is 0. The van der Waals surface area contributed by atoms with Gasteiger partial charge in [-0.05, 0) is 76.5 Å². The molecule has 4 rings (SSSR count). The Kier molecular flexibility index (Phi) is 7.27. The number of fused-ring (bicyclic) bond motifs is 1. The second kappa shape index (κ2) is 10.3. The van der Waals surface area contributed by atoms with Crippen molar-refractivity contribution in [1.29, 1.82) is 0 Å². The third kappa shape index (κ3) is 4.73. The van der Waals surface area contributed by atoms with Crippen LogP contribution in [-0.2, 0) is 6.42 Å². The lowest BCUT2D eigenvalue weighted by Gasteiger charge is -2.38. The molecule has 1 heterocycles. The quantitative estimate of drug-likeness (QED) is 0.376. The van der Waals surface area contributed by atoms with Crippen molar-refractivity contribution in [1.82, 2.24) is 4.90 Å². The predicted molar refractivity (Wildman–Crippen MR) is 135 cm³/mol. The van der Waals surface area contributed by atoms with Crippen LogP contribution in [0.15, 0.2) is 60.7 Å². The lowest BCUT2D eigenvalue weighted by Crippen LogP contribution is -2.42. The maximum absolute atomic E-state index is 13.6. The number of hydrogen-bond acceptors (Lipinski definition) is 5. The van der Waals surface area contributed by atoms with Gasteiger partial charge in [0.2, 0.25) is 0 Å². The zero-order chi connectivity index (χ0) is 23.4. The van der Waals surface area contributed by atoms with Crippen LogP contribution in [0.25, 0.3) is 0 Å². The summed E-state index contributed by atoms with van der Waals surface area (Å²) >= 11 is 2.21. The van der Waals surface area contributed by atoms with E-state index in [2.05, 4.69) is 22.6 Å². The smallest absolute Gasteiger partial charge is 0.255 e. The number of rotatable bonds is 7. The summed E-state index contributed by atoms with van der Waals surface area (Å²) in [6.45, 7) is 0.851. The molecule has 1 aliphatic heterocycles. The van der Waals surface area contributed by atoms with E-state index in [0.29, 0.717) is 35.1 Å². The molecular weight excluding hydrogens is 533 g/mol. The van der Waals surface area contributed by atoms with Gasteiger partial charge in [-0.3, -0.25) is 4.79 Å². The van der Waals surface area contributed by atoms with Gasteiger partial charge in [0.05, 0.1) is 32.9 Å². The average Bonchev–Trinajstić information content (AvgIpc) is 2.86. The first kappa shape index (κ1) is 23.2. The van der Waals surface area contributed by atoms with Crippen molar-refractivity contribution < 1.29 is 23.7 Å². The first-order valence-electron chi connectivity index (χ1n) is 10.6.